The number of hydrogen-bond donors (Lipinski definition) is 1. The van der Waals surface area contributed by atoms with Crippen molar-refractivity contribution in [3.8, 4) is 11.3 Å². The van der Waals surface area contributed by atoms with Crippen LogP contribution in [0.1, 0.15) is 12.6 Å². The summed E-state index contributed by atoms with van der Waals surface area (Å²) >= 11 is 0. The first-order chi connectivity index (χ1) is 11.1. The van der Waals surface area contributed by atoms with Gasteiger partial charge in [-0.1, -0.05) is 12.1 Å². The van der Waals surface area contributed by atoms with Crippen LogP contribution < -0.4 is 5.73 Å². The lowest BCUT2D eigenvalue weighted by Gasteiger charge is -2.00. The van der Waals surface area contributed by atoms with E-state index in [-0.39, 0.29) is 0 Å². The van der Waals surface area contributed by atoms with E-state index in [0.717, 1.165) is 45.4 Å². The summed E-state index contributed by atoms with van der Waals surface area (Å²) in [5.41, 5.74) is 10.7. The summed E-state index contributed by atoms with van der Waals surface area (Å²) in [6, 6.07) is 6.16. The fourth-order valence-corrected chi connectivity index (χ4v) is 2.93. The van der Waals surface area contributed by atoms with E-state index >= 15 is 0 Å². The Labute approximate surface area is 132 Å². The van der Waals surface area contributed by atoms with E-state index in [4.69, 9.17) is 5.73 Å². The molecule has 0 radical (unpaired) electrons. The molecule has 7 heteroatoms. The van der Waals surface area contributed by atoms with Crippen molar-refractivity contribution in [3.63, 3.8) is 0 Å². The maximum absolute atomic E-state index is 6.08. The molecular formula is C16H17N7. The molecule has 0 saturated heterocycles. The third kappa shape index (κ3) is 1.89. The number of fused-ring (bicyclic) bond motifs is 2. The molecule has 0 bridgehead atoms. The van der Waals surface area contributed by atoms with Crippen LogP contribution in [-0.4, -0.2) is 29.5 Å². The van der Waals surface area contributed by atoms with Crippen LogP contribution in [0.5, 0.6) is 0 Å². The normalized spacial score (nSPS) is 11.6. The summed E-state index contributed by atoms with van der Waals surface area (Å²) in [5, 5.41) is 11.2. The minimum atomic E-state index is 0.446. The molecule has 0 atom stereocenters. The van der Waals surface area contributed by atoms with Gasteiger partial charge < -0.3 is 5.73 Å². The quantitative estimate of drug-likeness (QED) is 0.614. The van der Waals surface area contributed by atoms with Gasteiger partial charge in [-0.15, -0.1) is 0 Å². The van der Waals surface area contributed by atoms with Crippen LogP contribution in [0.4, 0.5) is 5.82 Å². The second-order valence-electron chi connectivity index (χ2n) is 5.56. The zero-order valence-corrected chi connectivity index (χ0v) is 13.3. The van der Waals surface area contributed by atoms with Crippen molar-refractivity contribution >= 4 is 27.8 Å². The van der Waals surface area contributed by atoms with Crippen molar-refractivity contribution in [1.29, 1.82) is 0 Å². The van der Waals surface area contributed by atoms with Crippen LogP contribution in [0.3, 0.4) is 0 Å². The van der Waals surface area contributed by atoms with Gasteiger partial charge in [-0.2, -0.15) is 10.2 Å². The van der Waals surface area contributed by atoms with E-state index in [1.165, 1.54) is 6.33 Å². The molecular weight excluding hydrogens is 290 g/mol. The minimum Gasteiger partial charge on any atom is -0.383 e. The van der Waals surface area contributed by atoms with Crippen molar-refractivity contribution in [1.82, 2.24) is 29.5 Å². The molecule has 116 valence electrons. The highest BCUT2D eigenvalue weighted by Crippen LogP contribution is 2.32. The highest BCUT2D eigenvalue weighted by molar-refractivity contribution is 5.99. The lowest BCUT2D eigenvalue weighted by atomic mass is 10.1. The Morgan fingerprint density at radius 3 is 2.78 bits per heavy atom. The number of benzene rings is 1. The molecule has 4 aromatic rings. The number of rotatable bonds is 2. The minimum absolute atomic E-state index is 0.446. The third-order valence-corrected chi connectivity index (χ3v) is 4.26. The third-order valence-electron chi connectivity index (χ3n) is 4.26. The molecule has 2 N–H and O–H groups in total. The molecule has 7 nitrogen and oxygen atoms in total. The van der Waals surface area contributed by atoms with Crippen LogP contribution in [0, 0.1) is 6.92 Å². The van der Waals surface area contributed by atoms with Gasteiger partial charge in [0, 0.05) is 30.2 Å². The number of anilines is 1. The number of aryl methyl sites for hydroxylation is 3. The van der Waals surface area contributed by atoms with Crippen LogP contribution in [0.15, 0.2) is 24.5 Å². The van der Waals surface area contributed by atoms with E-state index in [1.807, 2.05) is 35.5 Å². The fourth-order valence-electron chi connectivity index (χ4n) is 2.93. The van der Waals surface area contributed by atoms with E-state index < -0.39 is 0 Å². The number of nitrogens with zero attached hydrogens (tertiary/aromatic N) is 6. The van der Waals surface area contributed by atoms with Crippen molar-refractivity contribution < 1.29 is 0 Å². The molecule has 0 unspecified atom stereocenters. The molecule has 0 amide bonds. The molecule has 0 aliphatic heterocycles. The van der Waals surface area contributed by atoms with Gasteiger partial charge in [0.15, 0.2) is 5.65 Å². The van der Waals surface area contributed by atoms with Gasteiger partial charge >= 0.3 is 0 Å². The van der Waals surface area contributed by atoms with Gasteiger partial charge in [-0.25, -0.2) is 14.6 Å². The Bertz CT molecular complexity index is 1040. The predicted octanol–water partition coefficient (Wildman–Crippen LogP) is 2.29. The molecule has 1 aromatic carbocycles. The first-order valence-electron chi connectivity index (χ1n) is 7.51. The summed E-state index contributed by atoms with van der Waals surface area (Å²) < 4.78 is 3.73. The number of hydrogen-bond acceptors (Lipinski definition) is 5. The van der Waals surface area contributed by atoms with Gasteiger partial charge in [-0.3, -0.25) is 4.68 Å². The summed E-state index contributed by atoms with van der Waals surface area (Å²) in [6.45, 7) is 4.81. The van der Waals surface area contributed by atoms with Crippen molar-refractivity contribution in [2.24, 2.45) is 7.05 Å². The Morgan fingerprint density at radius 2 is 2.00 bits per heavy atom. The van der Waals surface area contributed by atoms with Crippen LogP contribution in [0.25, 0.3) is 33.2 Å². The monoisotopic (exact) mass is 307 g/mol. The first kappa shape index (κ1) is 13.7. The largest absolute Gasteiger partial charge is 0.383 e. The Kier molecular flexibility index (Phi) is 2.84. The highest BCUT2D eigenvalue weighted by Gasteiger charge is 2.17. The molecule has 0 saturated carbocycles. The standard InChI is InChI=1S/C16H17N7/c1-4-23-16-13(15(17)18-8-19-16)14(21-23)10-5-6-11-9(2)22(3)20-12(11)7-10/h5-8H,4H2,1-3H3,(H2,17,18,19). The smallest absolute Gasteiger partial charge is 0.163 e. The lowest BCUT2D eigenvalue weighted by Crippen LogP contribution is -1.98. The Morgan fingerprint density at radius 1 is 1.17 bits per heavy atom. The van der Waals surface area contributed by atoms with E-state index in [1.54, 1.807) is 0 Å². The number of nitrogen functional groups attached to an aromatic ring is 1. The number of aromatic nitrogens is 6. The summed E-state index contributed by atoms with van der Waals surface area (Å²) in [4.78, 5) is 8.44. The van der Waals surface area contributed by atoms with E-state index in [0.29, 0.717) is 5.82 Å². The Hall–Kier alpha value is -2.96. The molecule has 0 spiro atoms. The summed E-state index contributed by atoms with van der Waals surface area (Å²) in [5.74, 6) is 0.446. The maximum atomic E-state index is 6.08. The van der Waals surface area contributed by atoms with Crippen LogP contribution in [-0.2, 0) is 13.6 Å². The molecule has 0 aliphatic carbocycles. The highest BCUT2D eigenvalue weighted by atomic mass is 15.3. The molecule has 0 aliphatic rings. The van der Waals surface area contributed by atoms with Crippen LogP contribution in [0.2, 0.25) is 0 Å². The van der Waals surface area contributed by atoms with Crippen molar-refractivity contribution in [2.45, 2.75) is 20.4 Å². The van der Waals surface area contributed by atoms with Crippen LogP contribution >= 0.6 is 0 Å². The van der Waals surface area contributed by atoms with Crippen molar-refractivity contribution in [3.05, 3.63) is 30.2 Å². The Balaban J connectivity index is 2.02. The van der Waals surface area contributed by atoms with E-state index in [2.05, 4.69) is 33.2 Å². The van der Waals surface area contributed by atoms with E-state index in [9.17, 15) is 0 Å². The SMILES string of the molecule is CCn1nc(-c2ccc3c(C)n(C)nc3c2)c2c(N)ncnc21. The van der Waals surface area contributed by atoms with Gasteiger partial charge in [0.2, 0.25) is 0 Å². The molecule has 3 aromatic heterocycles. The van der Waals surface area contributed by atoms with Crippen molar-refractivity contribution in [2.75, 3.05) is 5.73 Å². The topological polar surface area (TPSA) is 87.4 Å². The molecule has 3 heterocycles. The zero-order chi connectivity index (χ0) is 16.1. The molecule has 0 fully saturated rings. The lowest BCUT2D eigenvalue weighted by molar-refractivity contribution is 0.679. The summed E-state index contributed by atoms with van der Waals surface area (Å²) in [6.07, 6.45) is 1.47. The predicted molar refractivity (Wildman–Crippen MR) is 89.9 cm³/mol. The summed E-state index contributed by atoms with van der Waals surface area (Å²) in [7, 11) is 1.95. The van der Waals surface area contributed by atoms with Gasteiger partial charge in [0.1, 0.15) is 17.8 Å². The average molecular weight is 307 g/mol. The number of nitrogens with two attached hydrogens (primary N) is 1. The van der Waals surface area contributed by atoms with Gasteiger partial charge in [0.05, 0.1) is 10.9 Å². The maximum Gasteiger partial charge on any atom is 0.163 e. The second kappa shape index (κ2) is 4.77. The van der Waals surface area contributed by atoms with Gasteiger partial charge in [0.25, 0.3) is 0 Å². The molecule has 4 rings (SSSR count). The second-order valence-corrected chi connectivity index (χ2v) is 5.56. The average Bonchev–Trinajstić information content (AvgIpc) is 3.06. The first-order valence-corrected chi connectivity index (χ1v) is 7.51. The zero-order valence-electron chi connectivity index (χ0n) is 13.3. The fraction of sp³-hybridized carbons (Fsp3) is 0.250. The van der Waals surface area contributed by atoms with Gasteiger partial charge in [-0.05, 0) is 19.9 Å². The molecule has 23 heavy (non-hydrogen) atoms.